The van der Waals surface area contributed by atoms with E-state index in [1.54, 1.807) is 0 Å². The molecule has 0 saturated carbocycles. The smallest absolute Gasteiger partial charge is 0.138 e. The Bertz CT molecular complexity index is 446. The summed E-state index contributed by atoms with van der Waals surface area (Å²) in [6.07, 6.45) is 4.61. The Balaban J connectivity index is 0.000000847. The molecule has 0 N–H and O–H groups in total. The summed E-state index contributed by atoms with van der Waals surface area (Å²) >= 11 is 0. The topological polar surface area (TPSA) is 28.6 Å². The molecule has 2 unspecified atom stereocenters. The van der Waals surface area contributed by atoms with Crippen LogP contribution in [0.25, 0.3) is 0 Å². The van der Waals surface area contributed by atoms with E-state index < -0.39 is 0 Å². The molecule has 0 spiro atoms. The lowest BCUT2D eigenvalue weighted by atomic mass is 9.93. The third kappa shape index (κ3) is 3.92. The van der Waals surface area contributed by atoms with E-state index in [4.69, 9.17) is 4.74 Å². The van der Waals surface area contributed by atoms with Crippen molar-refractivity contribution in [3.63, 3.8) is 0 Å². The van der Waals surface area contributed by atoms with E-state index in [9.17, 15) is 0 Å². The van der Waals surface area contributed by atoms with E-state index >= 15 is 0 Å². The van der Waals surface area contributed by atoms with Gasteiger partial charge < -0.3 is 14.5 Å². The van der Waals surface area contributed by atoms with Crippen molar-refractivity contribution < 1.29 is 4.74 Å². The standard InChI is InChI=1S/C16H25N3O.C2H6/c1-12(2)20-14-4-5-16(17-10-14)19-9-6-13-11-18(3)8-7-15(13)19;1-2/h4-5,10,12-13,15H,6-9,11H2,1-3H3;1-2H3. The molecule has 0 radical (unpaired) electrons. The van der Waals surface area contributed by atoms with Crippen LogP contribution in [0.4, 0.5) is 5.82 Å². The van der Waals surface area contributed by atoms with E-state index in [1.165, 1.54) is 25.9 Å². The number of hydrogen-bond acceptors (Lipinski definition) is 4. The zero-order valence-corrected chi connectivity index (χ0v) is 14.7. The minimum Gasteiger partial charge on any atom is -0.489 e. The molecule has 0 aromatic carbocycles. The molecule has 124 valence electrons. The van der Waals surface area contributed by atoms with Gasteiger partial charge in [0, 0.05) is 19.1 Å². The molecule has 2 atom stereocenters. The van der Waals surface area contributed by atoms with Crippen LogP contribution in [0.15, 0.2) is 18.3 Å². The van der Waals surface area contributed by atoms with E-state index in [0.29, 0.717) is 6.04 Å². The number of fused-ring (bicyclic) bond motifs is 1. The lowest BCUT2D eigenvalue weighted by Crippen LogP contribution is -2.44. The SMILES string of the molecule is CC.CC(C)Oc1ccc(N2CCC3CN(C)CCC32)nc1. The Morgan fingerprint density at radius 2 is 1.95 bits per heavy atom. The Morgan fingerprint density at radius 3 is 2.59 bits per heavy atom. The van der Waals surface area contributed by atoms with Crippen LogP contribution in [-0.4, -0.2) is 48.7 Å². The maximum absolute atomic E-state index is 5.66. The van der Waals surface area contributed by atoms with Crippen LogP contribution in [0.1, 0.15) is 40.5 Å². The predicted octanol–water partition coefficient (Wildman–Crippen LogP) is 3.43. The number of pyridine rings is 1. The van der Waals surface area contributed by atoms with Gasteiger partial charge in [0.05, 0.1) is 12.3 Å². The molecule has 0 amide bonds. The second-order valence-corrected chi connectivity index (χ2v) is 6.38. The predicted molar refractivity (Wildman–Crippen MR) is 92.7 cm³/mol. The van der Waals surface area contributed by atoms with Gasteiger partial charge in [0.25, 0.3) is 0 Å². The fourth-order valence-corrected chi connectivity index (χ4v) is 3.54. The number of ether oxygens (including phenoxy) is 1. The van der Waals surface area contributed by atoms with E-state index in [1.807, 2.05) is 40.0 Å². The van der Waals surface area contributed by atoms with Crippen molar-refractivity contribution >= 4 is 5.82 Å². The Kier molecular flexibility index (Phi) is 6.07. The molecular formula is C18H31N3O. The van der Waals surface area contributed by atoms with Crippen LogP contribution in [0, 0.1) is 5.92 Å². The Morgan fingerprint density at radius 1 is 1.18 bits per heavy atom. The average Bonchev–Trinajstić information content (AvgIpc) is 2.92. The molecule has 4 nitrogen and oxygen atoms in total. The van der Waals surface area contributed by atoms with Gasteiger partial charge in [0.1, 0.15) is 11.6 Å². The Labute approximate surface area is 135 Å². The number of piperidine rings is 1. The number of hydrogen-bond donors (Lipinski definition) is 0. The van der Waals surface area contributed by atoms with Crippen LogP contribution in [0.5, 0.6) is 5.75 Å². The van der Waals surface area contributed by atoms with Crippen LogP contribution in [-0.2, 0) is 0 Å². The second kappa shape index (κ2) is 7.82. The highest BCUT2D eigenvalue weighted by atomic mass is 16.5. The highest BCUT2D eigenvalue weighted by molar-refractivity contribution is 5.43. The molecule has 1 aromatic rings. The first-order valence-electron chi connectivity index (χ1n) is 8.71. The largest absolute Gasteiger partial charge is 0.489 e. The van der Waals surface area contributed by atoms with Gasteiger partial charge in [-0.15, -0.1) is 0 Å². The first-order chi connectivity index (χ1) is 10.6. The Hall–Kier alpha value is -1.29. The molecule has 22 heavy (non-hydrogen) atoms. The molecule has 4 heteroatoms. The second-order valence-electron chi connectivity index (χ2n) is 6.38. The van der Waals surface area contributed by atoms with Gasteiger partial charge in [-0.3, -0.25) is 0 Å². The summed E-state index contributed by atoms with van der Waals surface area (Å²) in [4.78, 5) is 9.56. The highest BCUT2D eigenvalue weighted by Gasteiger charge is 2.37. The minimum absolute atomic E-state index is 0.202. The lowest BCUT2D eigenvalue weighted by Gasteiger charge is -2.36. The van der Waals surface area contributed by atoms with Crippen molar-refractivity contribution in [2.45, 2.75) is 52.7 Å². The van der Waals surface area contributed by atoms with Crippen molar-refractivity contribution in [2.24, 2.45) is 5.92 Å². The fraction of sp³-hybridized carbons (Fsp3) is 0.722. The average molecular weight is 305 g/mol. The minimum atomic E-state index is 0.202. The van der Waals surface area contributed by atoms with Gasteiger partial charge in [-0.2, -0.15) is 0 Å². The quantitative estimate of drug-likeness (QED) is 0.855. The van der Waals surface area contributed by atoms with E-state index in [0.717, 1.165) is 24.0 Å². The number of nitrogens with zero attached hydrogens (tertiary/aromatic N) is 3. The summed E-state index contributed by atoms with van der Waals surface area (Å²) in [6.45, 7) is 11.7. The molecule has 2 saturated heterocycles. The van der Waals surface area contributed by atoms with Gasteiger partial charge in [-0.25, -0.2) is 4.98 Å². The van der Waals surface area contributed by atoms with Crippen molar-refractivity contribution in [1.29, 1.82) is 0 Å². The third-order valence-electron chi connectivity index (χ3n) is 4.42. The molecule has 3 rings (SSSR count). The molecule has 0 aliphatic carbocycles. The highest BCUT2D eigenvalue weighted by Crippen LogP contribution is 2.34. The molecule has 3 heterocycles. The first kappa shape index (κ1) is 17.1. The van der Waals surface area contributed by atoms with Gasteiger partial charge in [-0.05, 0) is 58.3 Å². The van der Waals surface area contributed by atoms with E-state index in [-0.39, 0.29) is 6.10 Å². The number of anilines is 1. The summed E-state index contributed by atoms with van der Waals surface area (Å²) in [7, 11) is 2.23. The fourth-order valence-electron chi connectivity index (χ4n) is 3.54. The molecule has 1 aromatic heterocycles. The summed E-state index contributed by atoms with van der Waals surface area (Å²) < 4.78 is 5.66. The van der Waals surface area contributed by atoms with Crippen molar-refractivity contribution in [2.75, 3.05) is 31.6 Å². The van der Waals surface area contributed by atoms with Gasteiger partial charge in [-0.1, -0.05) is 13.8 Å². The summed E-state index contributed by atoms with van der Waals surface area (Å²) in [5, 5.41) is 0. The monoisotopic (exact) mass is 305 g/mol. The summed E-state index contributed by atoms with van der Waals surface area (Å²) in [5.41, 5.74) is 0. The molecule has 2 aliphatic heterocycles. The maximum Gasteiger partial charge on any atom is 0.138 e. The van der Waals surface area contributed by atoms with E-state index in [2.05, 4.69) is 27.9 Å². The normalized spacial score (nSPS) is 24.7. The van der Waals surface area contributed by atoms with Crippen LogP contribution < -0.4 is 9.64 Å². The van der Waals surface area contributed by atoms with Crippen LogP contribution >= 0.6 is 0 Å². The zero-order valence-electron chi connectivity index (χ0n) is 14.7. The van der Waals surface area contributed by atoms with Gasteiger partial charge in [0.15, 0.2) is 0 Å². The van der Waals surface area contributed by atoms with Crippen LogP contribution in [0.2, 0.25) is 0 Å². The van der Waals surface area contributed by atoms with Crippen molar-refractivity contribution in [3.05, 3.63) is 18.3 Å². The lowest BCUT2D eigenvalue weighted by molar-refractivity contribution is 0.202. The van der Waals surface area contributed by atoms with Crippen LogP contribution in [0.3, 0.4) is 0 Å². The zero-order chi connectivity index (χ0) is 16.1. The van der Waals surface area contributed by atoms with Gasteiger partial charge in [0.2, 0.25) is 0 Å². The van der Waals surface area contributed by atoms with Gasteiger partial charge >= 0.3 is 0 Å². The van der Waals surface area contributed by atoms with Crippen molar-refractivity contribution in [3.8, 4) is 5.75 Å². The molecule has 2 fully saturated rings. The number of rotatable bonds is 3. The number of aromatic nitrogens is 1. The number of likely N-dealkylation sites (tertiary alicyclic amines) is 1. The molecule has 2 aliphatic rings. The van der Waals surface area contributed by atoms with Crippen molar-refractivity contribution in [1.82, 2.24) is 9.88 Å². The summed E-state index contributed by atoms with van der Waals surface area (Å²) in [6, 6.07) is 4.83. The third-order valence-corrected chi connectivity index (χ3v) is 4.42. The molecule has 0 bridgehead atoms. The summed E-state index contributed by atoms with van der Waals surface area (Å²) in [5.74, 6) is 2.78. The molecular weight excluding hydrogens is 274 g/mol. The first-order valence-corrected chi connectivity index (χ1v) is 8.71. The maximum atomic E-state index is 5.66.